The van der Waals surface area contributed by atoms with Crippen LogP contribution in [-0.2, 0) is 15.8 Å². The molecule has 3 rings (SSSR count). The van der Waals surface area contributed by atoms with Crippen molar-refractivity contribution in [3.63, 3.8) is 0 Å². The highest BCUT2D eigenvalue weighted by molar-refractivity contribution is 7.88. The maximum Gasteiger partial charge on any atom is 0.253 e. The molecule has 5 nitrogen and oxygen atoms in total. The van der Waals surface area contributed by atoms with Crippen molar-refractivity contribution in [3.8, 4) is 0 Å². The average molecular weight is 350 g/mol. The molecule has 2 fully saturated rings. The summed E-state index contributed by atoms with van der Waals surface area (Å²) in [7, 11) is -3.24. The quantitative estimate of drug-likeness (QED) is 0.838. The number of amides is 1. The van der Waals surface area contributed by atoms with Crippen molar-refractivity contribution in [1.82, 2.24) is 9.21 Å². The lowest BCUT2D eigenvalue weighted by molar-refractivity contribution is 0.0683. The van der Waals surface area contributed by atoms with E-state index in [4.69, 9.17) is 0 Å². The van der Waals surface area contributed by atoms with Crippen molar-refractivity contribution in [3.05, 3.63) is 35.4 Å². The van der Waals surface area contributed by atoms with Crippen LogP contribution in [0.15, 0.2) is 24.3 Å². The molecule has 2 aliphatic heterocycles. The first-order chi connectivity index (χ1) is 11.5. The number of hydrogen-bond acceptors (Lipinski definition) is 3. The molecule has 2 aliphatic rings. The molecule has 0 bridgehead atoms. The molecule has 0 unspecified atom stereocenters. The van der Waals surface area contributed by atoms with Crippen molar-refractivity contribution < 1.29 is 13.2 Å². The normalized spacial score (nSPS) is 22.7. The second-order valence-corrected chi connectivity index (χ2v) is 9.03. The summed E-state index contributed by atoms with van der Waals surface area (Å²) in [4.78, 5) is 14.5. The standard InChI is InChI=1S/C18H26N2O3S/c1-15-5-4-10-19(13-15)18(21)17-8-6-16(7-9-17)14-24(22,23)20-11-2-3-12-20/h6-9,15H,2-5,10-14H2,1H3/t15-/m1/s1. The third-order valence-corrected chi connectivity index (χ3v) is 6.80. The molecular weight excluding hydrogens is 324 g/mol. The number of hydrogen-bond donors (Lipinski definition) is 0. The molecule has 1 amide bonds. The van der Waals surface area contributed by atoms with E-state index in [1.165, 1.54) is 6.42 Å². The third-order valence-electron chi connectivity index (χ3n) is 4.95. The molecule has 1 aromatic carbocycles. The number of piperidine rings is 1. The minimum Gasteiger partial charge on any atom is -0.338 e. The fourth-order valence-electron chi connectivity index (χ4n) is 3.57. The molecule has 0 radical (unpaired) electrons. The van der Waals surface area contributed by atoms with Gasteiger partial charge in [-0.05, 0) is 49.3 Å². The minimum atomic E-state index is -3.24. The van der Waals surface area contributed by atoms with Gasteiger partial charge in [-0.25, -0.2) is 12.7 Å². The van der Waals surface area contributed by atoms with Crippen LogP contribution >= 0.6 is 0 Å². The zero-order valence-electron chi connectivity index (χ0n) is 14.3. The lowest BCUT2D eigenvalue weighted by Crippen LogP contribution is -2.39. The Morgan fingerprint density at radius 1 is 1.08 bits per heavy atom. The van der Waals surface area contributed by atoms with E-state index >= 15 is 0 Å². The van der Waals surface area contributed by atoms with Gasteiger partial charge >= 0.3 is 0 Å². The Bertz CT molecular complexity index is 679. The first-order valence-corrected chi connectivity index (χ1v) is 10.4. The summed E-state index contributed by atoms with van der Waals surface area (Å²) in [6.07, 6.45) is 4.12. The summed E-state index contributed by atoms with van der Waals surface area (Å²) in [5.41, 5.74) is 1.39. The third kappa shape index (κ3) is 3.98. The van der Waals surface area contributed by atoms with Gasteiger partial charge in [0.15, 0.2) is 0 Å². The van der Waals surface area contributed by atoms with E-state index in [-0.39, 0.29) is 11.7 Å². The van der Waals surface area contributed by atoms with E-state index in [1.807, 2.05) is 4.90 Å². The van der Waals surface area contributed by atoms with Crippen LogP contribution in [0, 0.1) is 5.92 Å². The zero-order chi connectivity index (χ0) is 17.2. The van der Waals surface area contributed by atoms with Gasteiger partial charge in [0.25, 0.3) is 5.91 Å². The predicted octanol–water partition coefficient (Wildman–Crippen LogP) is 2.48. The van der Waals surface area contributed by atoms with Gasteiger partial charge in [0.2, 0.25) is 10.0 Å². The number of rotatable bonds is 4. The fraction of sp³-hybridized carbons (Fsp3) is 0.611. The number of sulfonamides is 1. The number of likely N-dealkylation sites (tertiary alicyclic amines) is 1. The molecular formula is C18H26N2O3S. The Morgan fingerprint density at radius 2 is 1.75 bits per heavy atom. The summed E-state index contributed by atoms with van der Waals surface area (Å²) in [5.74, 6) is 0.616. The average Bonchev–Trinajstić information content (AvgIpc) is 3.10. The second-order valence-electron chi connectivity index (χ2n) is 7.06. The van der Waals surface area contributed by atoms with Crippen molar-refractivity contribution in [2.24, 2.45) is 5.92 Å². The van der Waals surface area contributed by atoms with Crippen molar-refractivity contribution in [2.75, 3.05) is 26.2 Å². The SMILES string of the molecule is C[C@@H]1CCCN(C(=O)c2ccc(CS(=O)(=O)N3CCCC3)cc2)C1. The van der Waals surface area contributed by atoms with Crippen LogP contribution < -0.4 is 0 Å². The van der Waals surface area contributed by atoms with E-state index in [9.17, 15) is 13.2 Å². The van der Waals surface area contributed by atoms with Gasteiger partial charge in [0.1, 0.15) is 0 Å². The molecule has 0 N–H and O–H groups in total. The highest BCUT2D eigenvalue weighted by atomic mass is 32.2. The lowest BCUT2D eigenvalue weighted by atomic mass is 9.99. The number of nitrogens with zero attached hydrogens (tertiary/aromatic N) is 2. The molecule has 24 heavy (non-hydrogen) atoms. The Kier molecular flexibility index (Phi) is 5.25. The van der Waals surface area contributed by atoms with E-state index in [0.717, 1.165) is 37.9 Å². The molecule has 1 aromatic rings. The summed E-state index contributed by atoms with van der Waals surface area (Å²) < 4.78 is 26.3. The molecule has 0 aliphatic carbocycles. The second kappa shape index (κ2) is 7.23. The van der Waals surface area contributed by atoms with Crippen LogP contribution in [0.25, 0.3) is 0 Å². The highest BCUT2D eigenvalue weighted by Gasteiger charge is 2.26. The van der Waals surface area contributed by atoms with Crippen LogP contribution in [0.2, 0.25) is 0 Å². The summed E-state index contributed by atoms with van der Waals surface area (Å²) in [5, 5.41) is 0. The molecule has 0 aromatic heterocycles. The number of carbonyl (C=O) groups excluding carboxylic acids is 1. The van der Waals surface area contributed by atoms with Crippen molar-refractivity contribution in [1.29, 1.82) is 0 Å². The molecule has 2 heterocycles. The molecule has 1 atom stereocenters. The molecule has 6 heteroatoms. The minimum absolute atomic E-state index is 0.0161. The first-order valence-electron chi connectivity index (χ1n) is 8.82. The topological polar surface area (TPSA) is 57.7 Å². The Labute approximate surface area is 144 Å². The Morgan fingerprint density at radius 3 is 2.38 bits per heavy atom. The lowest BCUT2D eigenvalue weighted by Gasteiger charge is -2.31. The monoisotopic (exact) mass is 350 g/mol. The van der Waals surface area contributed by atoms with Crippen LogP contribution in [-0.4, -0.2) is 49.7 Å². The van der Waals surface area contributed by atoms with Gasteiger partial charge < -0.3 is 4.90 Å². The Hall–Kier alpha value is -1.40. The number of benzene rings is 1. The van der Waals surface area contributed by atoms with Gasteiger partial charge in [0, 0.05) is 31.7 Å². The molecule has 0 saturated carbocycles. The smallest absolute Gasteiger partial charge is 0.253 e. The van der Waals surface area contributed by atoms with Gasteiger partial charge in [0.05, 0.1) is 5.75 Å². The van der Waals surface area contributed by atoms with Gasteiger partial charge in [-0.3, -0.25) is 4.79 Å². The highest BCUT2D eigenvalue weighted by Crippen LogP contribution is 2.20. The largest absolute Gasteiger partial charge is 0.338 e. The van der Waals surface area contributed by atoms with E-state index < -0.39 is 10.0 Å². The first kappa shape index (κ1) is 17.4. The van der Waals surface area contributed by atoms with Gasteiger partial charge in [-0.2, -0.15) is 0 Å². The van der Waals surface area contributed by atoms with Crippen LogP contribution in [0.5, 0.6) is 0 Å². The predicted molar refractivity (Wildman–Crippen MR) is 94.2 cm³/mol. The molecule has 2 saturated heterocycles. The van der Waals surface area contributed by atoms with Crippen LogP contribution in [0.1, 0.15) is 48.5 Å². The summed E-state index contributed by atoms with van der Waals surface area (Å²) >= 11 is 0. The van der Waals surface area contributed by atoms with Gasteiger partial charge in [-0.1, -0.05) is 19.1 Å². The van der Waals surface area contributed by atoms with Crippen LogP contribution in [0.3, 0.4) is 0 Å². The van der Waals surface area contributed by atoms with E-state index in [2.05, 4.69) is 6.92 Å². The molecule has 0 spiro atoms. The van der Waals surface area contributed by atoms with Crippen molar-refractivity contribution >= 4 is 15.9 Å². The van der Waals surface area contributed by atoms with E-state index in [1.54, 1.807) is 28.6 Å². The maximum absolute atomic E-state index is 12.6. The van der Waals surface area contributed by atoms with Crippen molar-refractivity contribution in [2.45, 2.75) is 38.4 Å². The Balaban J connectivity index is 1.65. The van der Waals surface area contributed by atoms with Gasteiger partial charge in [-0.15, -0.1) is 0 Å². The summed E-state index contributed by atoms with van der Waals surface area (Å²) in [6, 6.07) is 7.06. The maximum atomic E-state index is 12.6. The van der Waals surface area contributed by atoms with Crippen LogP contribution in [0.4, 0.5) is 0 Å². The molecule has 132 valence electrons. The fourth-order valence-corrected chi connectivity index (χ4v) is 5.18. The van der Waals surface area contributed by atoms with E-state index in [0.29, 0.717) is 24.6 Å². The summed E-state index contributed by atoms with van der Waals surface area (Å²) in [6.45, 7) is 5.06. The number of carbonyl (C=O) groups is 1. The zero-order valence-corrected chi connectivity index (χ0v) is 15.1.